The minimum atomic E-state index is 0.385. The van der Waals surface area contributed by atoms with Crippen molar-refractivity contribution in [2.75, 3.05) is 34.0 Å². The Labute approximate surface area is 109 Å². The van der Waals surface area contributed by atoms with Crippen LogP contribution in [0.25, 0.3) is 0 Å². The van der Waals surface area contributed by atoms with Crippen LogP contribution in [-0.2, 0) is 4.74 Å². The molecule has 0 aliphatic carbocycles. The van der Waals surface area contributed by atoms with Crippen LogP contribution in [0, 0.1) is 0 Å². The average molecular weight is 253 g/mol. The molecule has 0 saturated heterocycles. The Balaban J connectivity index is 2.28. The van der Waals surface area contributed by atoms with Crippen LogP contribution in [0.3, 0.4) is 0 Å². The molecule has 1 rings (SSSR count). The lowest BCUT2D eigenvalue weighted by Gasteiger charge is -2.16. The normalized spacial score (nSPS) is 12.2. The minimum Gasteiger partial charge on any atom is -0.493 e. The Kier molecular flexibility index (Phi) is 7.22. The van der Waals surface area contributed by atoms with Gasteiger partial charge in [-0.3, -0.25) is 0 Å². The molecule has 0 fully saturated rings. The van der Waals surface area contributed by atoms with E-state index in [2.05, 4.69) is 12.2 Å². The van der Waals surface area contributed by atoms with Gasteiger partial charge in [0, 0.05) is 19.7 Å². The van der Waals surface area contributed by atoms with Crippen LogP contribution in [0.15, 0.2) is 24.3 Å². The number of ether oxygens (including phenoxy) is 3. The van der Waals surface area contributed by atoms with E-state index in [1.54, 1.807) is 14.2 Å². The highest BCUT2D eigenvalue weighted by molar-refractivity contribution is 5.39. The fourth-order valence-corrected chi connectivity index (χ4v) is 1.68. The molecule has 1 atom stereocenters. The molecule has 4 heteroatoms. The summed E-state index contributed by atoms with van der Waals surface area (Å²) < 4.78 is 16.0. The fourth-order valence-electron chi connectivity index (χ4n) is 1.68. The highest BCUT2D eigenvalue weighted by Gasteiger charge is 2.05. The minimum absolute atomic E-state index is 0.385. The molecule has 18 heavy (non-hydrogen) atoms. The predicted octanol–water partition coefficient (Wildman–Crippen LogP) is 2.09. The van der Waals surface area contributed by atoms with Gasteiger partial charge in [-0.05, 0) is 18.6 Å². The monoisotopic (exact) mass is 253 g/mol. The summed E-state index contributed by atoms with van der Waals surface area (Å²) in [6, 6.07) is 8.05. The second-order valence-electron chi connectivity index (χ2n) is 4.01. The Morgan fingerprint density at radius 2 is 1.89 bits per heavy atom. The van der Waals surface area contributed by atoms with Gasteiger partial charge in [0.05, 0.1) is 13.7 Å². The molecule has 0 heterocycles. The van der Waals surface area contributed by atoms with E-state index in [0.29, 0.717) is 12.6 Å². The third kappa shape index (κ3) is 4.94. The zero-order valence-electron chi connectivity index (χ0n) is 11.4. The van der Waals surface area contributed by atoms with Gasteiger partial charge in [0.25, 0.3) is 0 Å². The van der Waals surface area contributed by atoms with Gasteiger partial charge < -0.3 is 19.5 Å². The number of methoxy groups -OCH3 is 2. The van der Waals surface area contributed by atoms with E-state index in [1.165, 1.54) is 0 Å². The third-order valence-electron chi connectivity index (χ3n) is 2.72. The number of para-hydroxylation sites is 2. The van der Waals surface area contributed by atoms with E-state index in [9.17, 15) is 0 Å². The standard InChI is InChI=1S/C14H23NO3/c1-4-12(11-16-2)15-9-10-18-14-8-6-5-7-13(14)17-3/h5-8,12,15H,4,9-11H2,1-3H3. The first-order chi connectivity index (χ1) is 8.81. The van der Waals surface area contributed by atoms with E-state index in [1.807, 2.05) is 24.3 Å². The van der Waals surface area contributed by atoms with Crippen molar-refractivity contribution in [1.82, 2.24) is 5.32 Å². The zero-order chi connectivity index (χ0) is 13.2. The van der Waals surface area contributed by atoms with Gasteiger partial charge in [-0.25, -0.2) is 0 Å². The predicted molar refractivity (Wildman–Crippen MR) is 72.4 cm³/mol. The largest absolute Gasteiger partial charge is 0.493 e. The molecule has 1 unspecified atom stereocenters. The second-order valence-corrected chi connectivity index (χ2v) is 4.01. The smallest absolute Gasteiger partial charge is 0.161 e. The lowest BCUT2D eigenvalue weighted by Crippen LogP contribution is -2.35. The topological polar surface area (TPSA) is 39.7 Å². The lowest BCUT2D eigenvalue weighted by atomic mass is 10.2. The number of hydrogen-bond donors (Lipinski definition) is 1. The average Bonchev–Trinajstić information content (AvgIpc) is 2.42. The maximum Gasteiger partial charge on any atom is 0.161 e. The summed E-state index contributed by atoms with van der Waals surface area (Å²) in [5, 5.41) is 3.39. The molecule has 1 aromatic carbocycles. The summed E-state index contributed by atoms with van der Waals surface area (Å²) in [6.07, 6.45) is 1.04. The summed E-state index contributed by atoms with van der Waals surface area (Å²) in [5.41, 5.74) is 0. The van der Waals surface area contributed by atoms with Gasteiger partial charge in [0.15, 0.2) is 11.5 Å². The first-order valence-corrected chi connectivity index (χ1v) is 6.30. The van der Waals surface area contributed by atoms with Crippen LogP contribution in [0.5, 0.6) is 11.5 Å². The van der Waals surface area contributed by atoms with Crippen molar-refractivity contribution in [2.45, 2.75) is 19.4 Å². The van der Waals surface area contributed by atoms with Crippen LogP contribution in [0.1, 0.15) is 13.3 Å². The van der Waals surface area contributed by atoms with Crippen LogP contribution in [0.2, 0.25) is 0 Å². The number of rotatable bonds is 9. The van der Waals surface area contributed by atoms with Crippen molar-refractivity contribution >= 4 is 0 Å². The molecule has 0 spiro atoms. The molecule has 0 aliphatic heterocycles. The molecule has 1 N–H and O–H groups in total. The van der Waals surface area contributed by atoms with Gasteiger partial charge in [0.1, 0.15) is 6.61 Å². The van der Waals surface area contributed by atoms with E-state index in [4.69, 9.17) is 14.2 Å². The molecule has 0 bridgehead atoms. The highest BCUT2D eigenvalue weighted by atomic mass is 16.5. The summed E-state index contributed by atoms with van der Waals surface area (Å²) in [6.45, 7) is 4.27. The van der Waals surface area contributed by atoms with Gasteiger partial charge in [-0.2, -0.15) is 0 Å². The molecular formula is C14H23NO3. The van der Waals surface area contributed by atoms with Crippen molar-refractivity contribution in [1.29, 1.82) is 0 Å². The molecule has 0 aromatic heterocycles. The molecule has 102 valence electrons. The van der Waals surface area contributed by atoms with Crippen molar-refractivity contribution < 1.29 is 14.2 Å². The molecule has 4 nitrogen and oxygen atoms in total. The summed E-state index contributed by atoms with van der Waals surface area (Å²) in [7, 11) is 3.36. The van der Waals surface area contributed by atoms with Gasteiger partial charge in [-0.15, -0.1) is 0 Å². The van der Waals surface area contributed by atoms with Gasteiger partial charge in [-0.1, -0.05) is 19.1 Å². The van der Waals surface area contributed by atoms with Crippen molar-refractivity contribution in [3.63, 3.8) is 0 Å². The Bertz CT molecular complexity index is 331. The van der Waals surface area contributed by atoms with Crippen molar-refractivity contribution in [3.05, 3.63) is 24.3 Å². The van der Waals surface area contributed by atoms with Crippen LogP contribution < -0.4 is 14.8 Å². The van der Waals surface area contributed by atoms with Gasteiger partial charge >= 0.3 is 0 Å². The van der Waals surface area contributed by atoms with Crippen LogP contribution >= 0.6 is 0 Å². The SMILES string of the molecule is CCC(COC)NCCOc1ccccc1OC. The Hall–Kier alpha value is -1.26. The van der Waals surface area contributed by atoms with E-state index >= 15 is 0 Å². The van der Waals surface area contributed by atoms with Crippen molar-refractivity contribution in [3.8, 4) is 11.5 Å². The fraction of sp³-hybridized carbons (Fsp3) is 0.571. The molecular weight excluding hydrogens is 230 g/mol. The van der Waals surface area contributed by atoms with E-state index in [-0.39, 0.29) is 0 Å². The third-order valence-corrected chi connectivity index (χ3v) is 2.72. The first kappa shape index (κ1) is 14.8. The van der Waals surface area contributed by atoms with Crippen molar-refractivity contribution in [2.24, 2.45) is 0 Å². The Morgan fingerprint density at radius 1 is 1.17 bits per heavy atom. The summed E-state index contributed by atoms with van der Waals surface area (Å²) in [4.78, 5) is 0. The second kappa shape index (κ2) is 8.78. The lowest BCUT2D eigenvalue weighted by molar-refractivity contribution is 0.161. The van der Waals surface area contributed by atoms with Gasteiger partial charge in [0.2, 0.25) is 0 Å². The first-order valence-electron chi connectivity index (χ1n) is 6.30. The zero-order valence-corrected chi connectivity index (χ0v) is 11.4. The maximum absolute atomic E-state index is 5.67. The maximum atomic E-state index is 5.67. The molecule has 0 amide bonds. The number of benzene rings is 1. The molecule has 0 aliphatic rings. The summed E-state index contributed by atoms with van der Waals surface area (Å²) in [5.74, 6) is 1.54. The summed E-state index contributed by atoms with van der Waals surface area (Å²) >= 11 is 0. The van der Waals surface area contributed by atoms with Crippen LogP contribution in [-0.4, -0.2) is 40.0 Å². The number of hydrogen-bond acceptors (Lipinski definition) is 4. The molecule has 0 saturated carbocycles. The number of nitrogens with one attached hydrogen (secondary N) is 1. The highest BCUT2D eigenvalue weighted by Crippen LogP contribution is 2.25. The Morgan fingerprint density at radius 3 is 2.50 bits per heavy atom. The van der Waals surface area contributed by atoms with E-state index in [0.717, 1.165) is 31.1 Å². The molecule has 0 radical (unpaired) electrons. The quantitative estimate of drug-likeness (QED) is 0.684. The molecule has 1 aromatic rings. The van der Waals surface area contributed by atoms with E-state index < -0.39 is 0 Å². The van der Waals surface area contributed by atoms with Crippen LogP contribution in [0.4, 0.5) is 0 Å².